The molecule has 6 heteroatoms. The van der Waals surface area contributed by atoms with Gasteiger partial charge in [-0.2, -0.15) is 0 Å². The first kappa shape index (κ1) is 23.2. The Labute approximate surface area is 151 Å². The van der Waals surface area contributed by atoms with Crippen molar-refractivity contribution in [1.29, 1.82) is 0 Å². The number of allylic oxidation sites excluding steroid dienone is 1. The van der Waals surface area contributed by atoms with Crippen LogP contribution in [-0.2, 0) is 19.1 Å². The number of carbonyl (C=O) groups is 2. The van der Waals surface area contributed by atoms with E-state index in [4.69, 9.17) is 14.6 Å². The van der Waals surface area contributed by atoms with E-state index in [9.17, 15) is 9.59 Å². The Morgan fingerprint density at radius 2 is 1.44 bits per heavy atom. The van der Waals surface area contributed by atoms with Crippen molar-refractivity contribution in [3.05, 3.63) is 24.4 Å². The van der Waals surface area contributed by atoms with Crippen molar-refractivity contribution >= 4 is 11.9 Å². The monoisotopic (exact) mass is 355 g/mol. The summed E-state index contributed by atoms with van der Waals surface area (Å²) in [6, 6.07) is 0. The van der Waals surface area contributed by atoms with Crippen LogP contribution in [0.4, 0.5) is 0 Å². The van der Waals surface area contributed by atoms with E-state index in [0.717, 1.165) is 51.5 Å². The van der Waals surface area contributed by atoms with E-state index in [1.54, 1.807) is 19.2 Å². The molecule has 0 bridgehead atoms. The molecule has 0 saturated heterocycles. The van der Waals surface area contributed by atoms with Crippen LogP contribution in [0.2, 0.25) is 0 Å². The second-order valence-electron chi connectivity index (χ2n) is 5.83. The van der Waals surface area contributed by atoms with E-state index in [1.807, 2.05) is 11.9 Å². The molecule has 0 fully saturated rings. The minimum absolute atomic E-state index is 0.229. The second-order valence-corrected chi connectivity index (χ2v) is 5.83. The molecule has 0 aromatic rings. The predicted molar refractivity (Wildman–Crippen MR) is 97.9 cm³/mol. The summed E-state index contributed by atoms with van der Waals surface area (Å²) in [7, 11) is 1.91. The molecule has 0 atom stereocenters. The highest BCUT2D eigenvalue weighted by atomic mass is 16.5. The number of rotatable bonds is 15. The van der Waals surface area contributed by atoms with E-state index in [1.165, 1.54) is 12.2 Å². The number of nitrogens with zero attached hydrogens (tertiary/aromatic N) is 1. The van der Waals surface area contributed by atoms with Gasteiger partial charge in [0.2, 0.25) is 0 Å². The number of unbranched alkanes of at least 4 members (excludes halogenated alkanes) is 5. The zero-order valence-corrected chi connectivity index (χ0v) is 15.6. The van der Waals surface area contributed by atoms with Crippen LogP contribution in [0.15, 0.2) is 24.4 Å². The highest BCUT2D eigenvalue weighted by molar-refractivity contribution is 5.82. The lowest BCUT2D eigenvalue weighted by Crippen LogP contribution is -2.13. The van der Waals surface area contributed by atoms with Gasteiger partial charge in [0.15, 0.2) is 0 Å². The zero-order valence-electron chi connectivity index (χ0n) is 15.6. The number of carbonyl (C=O) groups excluding carboxylic acids is 2. The molecular formula is C19H33NO5. The summed E-state index contributed by atoms with van der Waals surface area (Å²) in [5.41, 5.74) is 0. The fourth-order valence-electron chi connectivity index (χ4n) is 2.05. The third-order valence-electron chi connectivity index (χ3n) is 3.46. The molecule has 144 valence electrons. The summed E-state index contributed by atoms with van der Waals surface area (Å²) in [5, 5.41) is 8.70. The zero-order chi connectivity index (χ0) is 18.8. The number of hydrogen-bond donors (Lipinski definition) is 1. The molecule has 0 aromatic heterocycles. The van der Waals surface area contributed by atoms with Gasteiger partial charge in [0.05, 0.1) is 13.2 Å². The van der Waals surface area contributed by atoms with Gasteiger partial charge in [0.1, 0.15) is 0 Å². The van der Waals surface area contributed by atoms with Crippen LogP contribution in [0.5, 0.6) is 0 Å². The number of ether oxygens (including phenoxy) is 2. The van der Waals surface area contributed by atoms with Gasteiger partial charge in [0.25, 0.3) is 0 Å². The molecule has 0 aliphatic carbocycles. The lowest BCUT2D eigenvalue weighted by atomic mass is 10.2. The summed E-state index contributed by atoms with van der Waals surface area (Å²) < 4.78 is 10.1. The summed E-state index contributed by atoms with van der Waals surface area (Å²) in [4.78, 5) is 24.6. The quantitative estimate of drug-likeness (QED) is 0.277. The van der Waals surface area contributed by atoms with Crippen molar-refractivity contribution in [1.82, 2.24) is 4.90 Å². The van der Waals surface area contributed by atoms with Gasteiger partial charge in [0, 0.05) is 38.6 Å². The Hall–Kier alpha value is -1.82. The van der Waals surface area contributed by atoms with E-state index in [0.29, 0.717) is 13.2 Å². The van der Waals surface area contributed by atoms with Gasteiger partial charge in [-0.15, -0.1) is 0 Å². The summed E-state index contributed by atoms with van der Waals surface area (Å²) in [6.45, 7) is 3.68. The van der Waals surface area contributed by atoms with Gasteiger partial charge < -0.3 is 19.5 Å². The molecule has 0 radical (unpaired) electrons. The minimum atomic E-state index is -0.331. The molecule has 0 spiro atoms. The van der Waals surface area contributed by atoms with Crippen molar-refractivity contribution in [3.63, 3.8) is 0 Å². The first-order chi connectivity index (χ1) is 12.1. The van der Waals surface area contributed by atoms with Gasteiger partial charge in [-0.05, 0) is 51.9 Å². The average Bonchev–Trinajstić information content (AvgIpc) is 2.59. The minimum Gasteiger partial charge on any atom is -0.463 e. The molecule has 6 nitrogen and oxygen atoms in total. The van der Waals surface area contributed by atoms with Crippen molar-refractivity contribution < 1.29 is 24.2 Å². The van der Waals surface area contributed by atoms with Crippen LogP contribution in [0, 0.1) is 0 Å². The number of hydrogen-bond acceptors (Lipinski definition) is 6. The predicted octanol–water partition coefficient (Wildman–Crippen LogP) is 2.82. The second kappa shape index (κ2) is 17.0. The third-order valence-corrected chi connectivity index (χ3v) is 3.46. The topological polar surface area (TPSA) is 76.1 Å². The summed E-state index contributed by atoms with van der Waals surface area (Å²) >= 11 is 0. The standard InChI is InChI=1S/C19H33NO5/c1-3-11-18(22)24-16-9-4-5-10-17-25-19(23)12-14-20(2)13-7-6-8-15-21/h3,11-12,14,21H,4-10,13,15-17H2,1-2H3/b11-3+,14-12+. The largest absolute Gasteiger partial charge is 0.463 e. The van der Waals surface area contributed by atoms with Crippen molar-refractivity contribution in [2.75, 3.05) is 33.4 Å². The average molecular weight is 355 g/mol. The maximum absolute atomic E-state index is 11.6. The van der Waals surface area contributed by atoms with E-state index in [2.05, 4.69) is 0 Å². The van der Waals surface area contributed by atoms with Crippen LogP contribution < -0.4 is 0 Å². The smallest absolute Gasteiger partial charge is 0.332 e. The van der Waals surface area contributed by atoms with Gasteiger partial charge in [-0.1, -0.05) is 6.08 Å². The molecule has 25 heavy (non-hydrogen) atoms. The van der Waals surface area contributed by atoms with Crippen LogP contribution in [0.3, 0.4) is 0 Å². The van der Waals surface area contributed by atoms with Crippen LogP contribution in [0.1, 0.15) is 51.9 Å². The molecule has 0 saturated carbocycles. The highest BCUT2D eigenvalue weighted by Crippen LogP contribution is 2.02. The van der Waals surface area contributed by atoms with Gasteiger partial charge in [-0.3, -0.25) is 0 Å². The molecule has 0 rings (SSSR count). The fourth-order valence-corrected chi connectivity index (χ4v) is 2.05. The molecule has 0 aliphatic rings. The van der Waals surface area contributed by atoms with Gasteiger partial charge in [-0.25, -0.2) is 9.59 Å². The Kier molecular flexibility index (Phi) is 15.8. The third kappa shape index (κ3) is 16.8. The van der Waals surface area contributed by atoms with Crippen LogP contribution in [-0.4, -0.2) is 55.4 Å². The van der Waals surface area contributed by atoms with Gasteiger partial charge >= 0.3 is 11.9 Å². The lowest BCUT2D eigenvalue weighted by molar-refractivity contribution is -0.139. The molecule has 0 amide bonds. The summed E-state index contributed by atoms with van der Waals surface area (Å²) in [6.07, 6.45) is 12.5. The van der Waals surface area contributed by atoms with E-state index >= 15 is 0 Å². The fraction of sp³-hybridized carbons (Fsp3) is 0.684. The van der Waals surface area contributed by atoms with Crippen molar-refractivity contribution in [3.8, 4) is 0 Å². The van der Waals surface area contributed by atoms with Crippen LogP contribution in [0.25, 0.3) is 0 Å². The molecule has 0 aromatic carbocycles. The summed E-state index contributed by atoms with van der Waals surface area (Å²) in [5.74, 6) is -0.635. The van der Waals surface area contributed by atoms with E-state index < -0.39 is 0 Å². The van der Waals surface area contributed by atoms with Crippen LogP contribution >= 0.6 is 0 Å². The van der Waals surface area contributed by atoms with E-state index in [-0.39, 0.29) is 18.5 Å². The maximum Gasteiger partial charge on any atom is 0.332 e. The number of aliphatic hydroxyl groups is 1. The number of aliphatic hydroxyl groups excluding tert-OH is 1. The highest BCUT2D eigenvalue weighted by Gasteiger charge is 1.99. The lowest BCUT2D eigenvalue weighted by Gasteiger charge is -2.13. The number of esters is 2. The first-order valence-electron chi connectivity index (χ1n) is 9.05. The first-order valence-corrected chi connectivity index (χ1v) is 9.05. The normalized spacial score (nSPS) is 11.2. The molecule has 1 N–H and O–H groups in total. The van der Waals surface area contributed by atoms with Crippen molar-refractivity contribution in [2.45, 2.75) is 51.9 Å². The Morgan fingerprint density at radius 3 is 2.00 bits per heavy atom. The molecule has 0 heterocycles. The molecular weight excluding hydrogens is 322 g/mol. The Morgan fingerprint density at radius 1 is 0.880 bits per heavy atom. The molecule has 0 aliphatic heterocycles. The SMILES string of the molecule is C/C=C/C(=O)OCCCCCCOC(=O)/C=C/N(C)CCCCCO. The Balaban J connectivity index is 3.51. The van der Waals surface area contributed by atoms with Crippen molar-refractivity contribution in [2.24, 2.45) is 0 Å². The molecule has 0 unspecified atom stereocenters. The Bertz CT molecular complexity index is 407. The maximum atomic E-state index is 11.6.